The zero-order valence-corrected chi connectivity index (χ0v) is 27.4. The summed E-state index contributed by atoms with van der Waals surface area (Å²) in [5.41, 5.74) is 2.91. The summed E-state index contributed by atoms with van der Waals surface area (Å²) >= 11 is 0.820. The van der Waals surface area contributed by atoms with Crippen molar-refractivity contribution in [2.75, 3.05) is 20.1 Å². The number of benzene rings is 4. The smallest absolute Gasteiger partial charge is 0.290 e. The maximum atomic E-state index is 14.3. The summed E-state index contributed by atoms with van der Waals surface area (Å²) in [5, 5.41) is 4.76. The molecule has 4 aromatic carbocycles. The first-order valence-corrected chi connectivity index (χ1v) is 16.6. The van der Waals surface area contributed by atoms with Gasteiger partial charge in [0, 0.05) is 42.4 Å². The van der Waals surface area contributed by atoms with Gasteiger partial charge in [-0.3, -0.25) is 34.2 Å². The summed E-state index contributed by atoms with van der Waals surface area (Å²) in [6.45, 7) is 1.24. The zero-order chi connectivity index (χ0) is 34.5. The molecule has 2 atom stereocenters. The van der Waals surface area contributed by atoms with Crippen molar-refractivity contribution in [2.45, 2.75) is 25.0 Å². The molecule has 2 N–H and O–H groups in total. The Labute approximate surface area is 287 Å². The molecule has 0 radical (unpaired) electrons. The van der Waals surface area contributed by atoms with Crippen LogP contribution in [0.4, 0.5) is 9.18 Å². The van der Waals surface area contributed by atoms with Crippen LogP contribution in [0.15, 0.2) is 108 Å². The van der Waals surface area contributed by atoms with Crippen LogP contribution in [-0.4, -0.2) is 70.8 Å². The van der Waals surface area contributed by atoms with Crippen LogP contribution < -0.4 is 10.6 Å². The van der Waals surface area contributed by atoms with Gasteiger partial charge in [-0.05, 0) is 84.9 Å². The molecule has 2 heterocycles. The number of halogens is 1. The van der Waals surface area contributed by atoms with Crippen LogP contribution >= 0.6 is 11.8 Å². The molecule has 0 aromatic heterocycles. The van der Waals surface area contributed by atoms with Crippen LogP contribution in [0, 0.1) is 5.82 Å². The SMILES string of the molecule is CN(Cc1ccccc1)C1C[C@@H](CNC(=O)c2ccc(C=C3SC(=O)NC3=O)cc2)N(C(=O)c2ccccc2C(=O)c2ccc(F)cc2)C1. The fourth-order valence-electron chi connectivity index (χ4n) is 6.05. The number of nitrogens with zero attached hydrogens (tertiary/aromatic N) is 2. The van der Waals surface area contributed by atoms with Crippen molar-refractivity contribution >= 4 is 46.6 Å². The van der Waals surface area contributed by atoms with Crippen LogP contribution in [0.25, 0.3) is 6.08 Å². The minimum Gasteiger partial charge on any atom is -0.350 e. The minimum atomic E-state index is -0.461. The second kappa shape index (κ2) is 14.8. The summed E-state index contributed by atoms with van der Waals surface area (Å²) in [6, 6.07) is 28.1. The predicted molar refractivity (Wildman–Crippen MR) is 185 cm³/mol. The second-order valence-electron chi connectivity index (χ2n) is 12.0. The Morgan fingerprint density at radius 1 is 0.898 bits per heavy atom. The van der Waals surface area contributed by atoms with Gasteiger partial charge in [-0.15, -0.1) is 0 Å². The van der Waals surface area contributed by atoms with Gasteiger partial charge in [-0.1, -0.05) is 60.7 Å². The Kier molecular flexibility index (Phi) is 10.1. The van der Waals surface area contributed by atoms with Crippen LogP contribution in [0.2, 0.25) is 0 Å². The molecule has 2 aliphatic heterocycles. The van der Waals surface area contributed by atoms with E-state index in [-0.39, 0.29) is 57.8 Å². The van der Waals surface area contributed by atoms with Gasteiger partial charge >= 0.3 is 0 Å². The lowest BCUT2D eigenvalue weighted by Crippen LogP contribution is -2.43. The monoisotopic (exact) mass is 676 g/mol. The van der Waals surface area contributed by atoms with Gasteiger partial charge in [0.2, 0.25) is 0 Å². The van der Waals surface area contributed by atoms with E-state index in [1.165, 1.54) is 24.3 Å². The van der Waals surface area contributed by atoms with Crippen LogP contribution in [0.5, 0.6) is 0 Å². The highest BCUT2D eigenvalue weighted by Crippen LogP contribution is 2.28. The zero-order valence-electron chi connectivity index (χ0n) is 26.6. The van der Waals surface area contributed by atoms with E-state index >= 15 is 0 Å². The lowest BCUT2D eigenvalue weighted by atomic mass is 9.97. The maximum absolute atomic E-state index is 14.3. The predicted octanol–water partition coefficient (Wildman–Crippen LogP) is 5.53. The minimum absolute atomic E-state index is 0.0177. The van der Waals surface area contributed by atoms with Gasteiger partial charge in [0.15, 0.2) is 5.78 Å². The average Bonchev–Trinajstić information content (AvgIpc) is 3.69. The van der Waals surface area contributed by atoms with Gasteiger partial charge in [0.25, 0.3) is 23.0 Å². The van der Waals surface area contributed by atoms with Gasteiger partial charge in [-0.2, -0.15) is 0 Å². The van der Waals surface area contributed by atoms with E-state index in [4.69, 9.17) is 0 Å². The van der Waals surface area contributed by atoms with Crippen LogP contribution in [-0.2, 0) is 11.3 Å². The van der Waals surface area contributed by atoms with Crippen molar-refractivity contribution < 1.29 is 28.4 Å². The van der Waals surface area contributed by atoms with Crippen LogP contribution in [0.3, 0.4) is 0 Å². The van der Waals surface area contributed by atoms with Crippen molar-refractivity contribution in [1.82, 2.24) is 20.4 Å². The topological polar surface area (TPSA) is 116 Å². The highest BCUT2D eigenvalue weighted by atomic mass is 32.2. The molecule has 4 amide bonds. The Hall–Kier alpha value is -5.39. The number of thioether (sulfide) groups is 1. The number of rotatable bonds is 10. The lowest BCUT2D eigenvalue weighted by Gasteiger charge is -2.26. The van der Waals surface area contributed by atoms with E-state index in [2.05, 4.69) is 15.5 Å². The van der Waals surface area contributed by atoms with E-state index in [1.807, 2.05) is 37.4 Å². The first kappa shape index (κ1) is 33.5. The third-order valence-corrected chi connectivity index (χ3v) is 9.48. The van der Waals surface area contributed by atoms with Gasteiger partial charge in [-0.25, -0.2) is 4.39 Å². The number of likely N-dealkylation sites (N-methyl/N-ethyl adjacent to an activating group) is 1. The molecule has 6 rings (SSSR count). The summed E-state index contributed by atoms with van der Waals surface area (Å²) in [5.74, 6) is -1.96. The first-order valence-electron chi connectivity index (χ1n) is 15.7. The number of nitrogens with one attached hydrogen (secondary N) is 2. The summed E-state index contributed by atoms with van der Waals surface area (Å²) in [6.07, 6.45) is 2.17. The molecule has 2 fully saturated rings. The summed E-state index contributed by atoms with van der Waals surface area (Å²) < 4.78 is 13.6. The molecule has 0 saturated carbocycles. The quantitative estimate of drug-likeness (QED) is 0.168. The number of hydrogen-bond donors (Lipinski definition) is 2. The largest absolute Gasteiger partial charge is 0.350 e. The molecule has 9 nitrogen and oxygen atoms in total. The summed E-state index contributed by atoms with van der Waals surface area (Å²) in [7, 11) is 2.01. The number of likely N-dealkylation sites (tertiary alicyclic amines) is 1. The highest BCUT2D eigenvalue weighted by molar-refractivity contribution is 8.18. The fourth-order valence-corrected chi connectivity index (χ4v) is 6.73. The second-order valence-corrected chi connectivity index (χ2v) is 13.0. The van der Waals surface area contributed by atoms with E-state index < -0.39 is 17.0 Å². The molecule has 2 aliphatic rings. The molecule has 49 heavy (non-hydrogen) atoms. The molecule has 1 unspecified atom stereocenters. The molecule has 0 spiro atoms. The number of ketones is 1. The molecular weight excluding hydrogens is 644 g/mol. The number of amides is 4. The molecule has 0 aliphatic carbocycles. The number of imide groups is 1. The van der Waals surface area contributed by atoms with Gasteiger partial charge in [0.05, 0.1) is 16.5 Å². The molecule has 0 bridgehead atoms. The third-order valence-electron chi connectivity index (χ3n) is 8.67. The van der Waals surface area contributed by atoms with Crippen LogP contribution in [0.1, 0.15) is 54.2 Å². The lowest BCUT2D eigenvalue weighted by molar-refractivity contribution is -0.115. The Balaban J connectivity index is 1.20. The van der Waals surface area contributed by atoms with Crippen molar-refractivity contribution in [3.05, 3.63) is 147 Å². The number of carbonyl (C=O) groups excluding carboxylic acids is 5. The van der Waals surface area contributed by atoms with E-state index in [0.29, 0.717) is 30.6 Å². The van der Waals surface area contributed by atoms with Crippen molar-refractivity contribution in [2.24, 2.45) is 0 Å². The van der Waals surface area contributed by atoms with Gasteiger partial charge in [0.1, 0.15) is 5.82 Å². The van der Waals surface area contributed by atoms with Gasteiger partial charge < -0.3 is 10.2 Å². The Bertz CT molecular complexity index is 1930. The Morgan fingerprint density at radius 3 is 2.22 bits per heavy atom. The normalized spacial score (nSPS) is 18.2. The standard InChI is InChI=1S/C38H33FN4O5S/c1-42(22-25-7-3-2-4-8-25)30-20-29(21-40-35(45)27-13-11-24(12-14-27)19-33-36(46)41-38(48)49-33)43(23-30)37(47)32-10-6-5-9-31(32)34(44)26-15-17-28(39)18-16-26/h2-19,29-30H,20-23H2,1H3,(H,40,45)(H,41,46,48)/t29-,30?/m0/s1. The van der Waals surface area contributed by atoms with E-state index in [9.17, 15) is 28.4 Å². The molecule has 2 saturated heterocycles. The third kappa shape index (κ3) is 7.85. The highest BCUT2D eigenvalue weighted by Gasteiger charge is 2.38. The van der Waals surface area contributed by atoms with Crippen molar-refractivity contribution in [1.29, 1.82) is 0 Å². The Morgan fingerprint density at radius 2 is 1.55 bits per heavy atom. The van der Waals surface area contributed by atoms with E-state index in [0.717, 1.165) is 17.3 Å². The first-order chi connectivity index (χ1) is 23.7. The number of carbonyl (C=O) groups is 5. The summed E-state index contributed by atoms with van der Waals surface area (Å²) in [4.78, 5) is 68.5. The van der Waals surface area contributed by atoms with E-state index in [1.54, 1.807) is 59.5 Å². The molecule has 248 valence electrons. The fraction of sp³-hybridized carbons (Fsp3) is 0.184. The number of hydrogen-bond acceptors (Lipinski definition) is 7. The van der Waals surface area contributed by atoms with Crippen molar-refractivity contribution in [3.63, 3.8) is 0 Å². The molecular formula is C38H33FN4O5S. The molecule has 4 aromatic rings. The maximum Gasteiger partial charge on any atom is 0.290 e. The molecule has 11 heteroatoms. The average molecular weight is 677 g/mol. The van der Waals surface area contributed by atoms with Crippen molar-refractivity contribution in [3.8, 4) is 0 Å².